The van der Waals surface area contributed by atoms with Crippen molar-refractivity contribution in [1.29, 1.82) is 5.26 Å². The molecule has 0 bridgehead atoms. The van der Waals surface area contributed by atoms with Crippen molar-refractivity contribution in [3.8, 4) is 11.8 Å². The van der Waals surface area contributed by atoms with Gasteiger partial charge in [-0.1, -0.05) is 60.7 Å². The first-order chi connectivity index (χ1) is 12.6. The molecule has 0 saturated carbocycles. The van der Waals surface area contributed by atoms with E-state index in [0.717, 1.165) is 16.3 Å². The Morgan fingerprint density at radius 3 is 2.38 bits per heavy atom. The van der Waals surface area contributed by atoms with Gasteiger partial charge in [0, 0.05) is 11.1 Å². The van der Waals surface area contributed by atoms with Crippen LogP contribution in [0.25, 0.3) is 16.8 Å². The van der Waals surface area contributed by atoms with Gasteiger partial charge in [0.25, 0.3) is 0 Å². The van der Waals surface area contributed by atoms with Gasteiger partial charge in [0.05, 0.1) is 6.10 Å². The quantitative estimate of drug-likeness (QED) is 0.354. The molecule has 0 spiro atoms. The van der Waals surface area contributed by atoms with Gasteiger partial charge in [-0.3, -0.25) is 4.79 Å². The topological polar surface area (TPSA) is 50.1 Å². The first-order valence-corrected chi connectivity index (χ1v) is 8.50. The molecule has 3 heteroatoms. The number of carbonyl (C=O) groups is 1. The molecule has 0 unspecified atom stereocenters. The minimum atomic E-state index is -0.295. The molecular formula is C23H19NO2. The molecule has 26 heavy (non-hydrogen) atoms. The van der Waals surface area contributed by atoms with Gasteiger partial charge in [0.1, 0.15) is 17.4 Å². The van der Waals surface area contributed by atoms with Gasteiger partial charge in [-0.05, 0) is 36.8 Å². The van der Waals surface area contributed by atoms with Crippen molar-refractivity contribution in [3.63, 3.8) is 0 Å². The molecular weight excluding hydrogens is 322 g/mol. The highest BCUT2D eigenvalue weighted by Gasteiger charge is 2.15. The van der Waals surface area contributed by atoms with E-state index in [4.69, 9.17) is 4.74 Å². The third-order valence-corrected chi connectivity index (χ3v) is 3.98. The van der Waals surface area contributed by atoms with Gasteiger partial charge >= 0.3 is 0 Å². The Morgan fingerprint density at radius 2 is 1.69 bits per heavy atom. The van der Waals surface area contributed by atoms with Gasteiger partial charge in [0.15, 0.2) is 0 Å². The second kappa shape index (κ2) is 7.67. The van der Waals surface area contributed by atoms with Crippen molar-refractivity contribution in [2.75, 3.05) is 0 Å². The Hall–Kier alpha value is -3.38. The summed E-state index contributed by atoms with van der Waals surface area (Å²) in [5, 5.41) is 11.6. The van der Waals surface area contributed by atoms with E-state index >= 15 is 0 Å². The number of nitriles is 1. The number of ether oxygens (including phenoxy) is 1. The molecule has 0 atom stereocenters. The van der Waals surface area contributed by atoms with E-state index in [1.165, 1.54) is 0 Å². The van der Waals surface area contributed by atoms with Gasteiger partial charge in [0.2, 0.25) is 5.78 Å². The van der Waals surface area contributed by atoms with Gasteiger partial charge in [-0.25, -0.2) is 0 Å². The predicted octanol–water partition coefficient (Wildman–Crippen LogP) is 5.42. The number of allylic oxidation sites excluding steroid dienone is 1. The van der Waals surface area contributed by atoms with Crippen molar-refractivity contribution in [2.24, 2.45) is 0 Å². The monoisotopic (exact) mass is 341 g/mol. The largest absolute Gasteiger partial charge is 0.490 e. The van der Waals surface area contributed by atoms with E-state index < -0.39 is 0 Å². The predicted molar refractivity (Wildman–Crippen MR) is 104 cm³/mol. The number of Topliss-reactive ketones (excluding diaryl/α,β-unsaturated/α-hetero) is 1. The lowest BCUT2D eigenvalue weighted by molar-refractivity contribution is 0.104. The minimum Gasteiger partial charge on any atom is -0.490 e. The number of fused-ring (bicyclic) bond motifs is 1. The maximum absolute atomic E-state index is 12.7. The Labute approximate surface area is 153 Å². The third kappa shape index (κ3) is 3.65. The fourth-order valence-electron chi connectivity index (χ4n) is 2.82. The molecule has 3 aromatic carbocycles. The van der Waals surface area contributed by atoms with Crippen molar-refractivity contribution < 1.29 is 9.53 Å². The molecule has 0 N–H and O–H groups in total. The zero-order valence-corrected chi connectivity index (χ0v) is 14.8. The highest BCUT2D eigenvalue weighted by atomic mass is 16.5. The number of ketones is 1. The molecule has 0 aromatic heterocycles. The number of rotatable bonds is 5. The Balaban J connectivity index is 2.17. The summed E-state index contributed by atoms with van der Waals surface area (Å²) < 4.78 is 5.92. The third-order valence-electron chi connectivity index (χ3n) is 3.98. The van der Waals surface area contributed by atoms with E-state index in [0.29, 0.717) is 11.3 Å². The van der Waals surface area contributed by atoms with Crippen LogP contribution in [0.2, 0.25) is 0 Å². The fraction of sp³-hybridized carbons (Fsp3) is 0.130. The smallest absolute Gasteiger partial charge is 0.203 e. The van der Waals surface area contributed by atoms with E-state index in [9.17, 15) is 10.1 Å². The maximum atomic E-state index is 12.7. The SMILES string of the molecule is CC(C)Oc1ccc2ccccc2c1/C=C(\C#N)C(=O)c1ccccc1. The Kier molecular flexibility index (Phi) is 5.15. The number of nitrogens with zero attached hydrogens (tertiary/aromatic N) is 1. The molecule has 3 aromatic rings. The summed E-state index contributed by atoms with van der Waals surface area (Å²) in [5.74, 6) is 0.365. The summed E-state index contributed by atoms with van der Waals surface area (Å²) >= 11 is 0. The number of benzene rings is 3. The van der Waals surface area contributed by atoms with Crippen molar-refractivity contribution >= 4 is 22.6 Å². The highest BCUT2D eigenvalue weighted by Crippen LogP contribution is 2.31. The second-order valence-electron chi connectivity index (χ2n) is 6.23. The second-order valence-corrected chi connectivity index (χ2v) is 6.23. The van der Waals surface area contributed by atoms with Crippen LogP contribution < -0.4 is 4.74 Å². The van der Waals surface area contributed by atoms with E-state index in [-0.39, 0.29) is 17.5 Å². The standard InChI is InChI=1S/C23H19NO2/c1-16(2)26-22-13-12-17-8-6-7-11-20(17)21(22)14-19(15-24)23(25)18-9-4-3-5-10-18/h3-14,16H,1-2H3/b19-14+. The average molecular weight is 341 g/mol. The van der Waals surface area contributed by atoms with Crippen LogP contribution in [-0.2, 0) is 0 Å². The minimum absolute atomic E-state index is 0.0151. The summed E-state index contributed by atoms with van der Waals surface area (Å²) in [5.41, 5.74) is 1.32. The maximum Gasteiger partial charge on any atom is 0.203 e. The first kappa shape index (κ1) is 17.4. The van der Waals surface area contributed by atoms with Crippen LogP contribution in [-0.4, -0.2) is 11.9 Å². The van der Waals surface area contributed by atoms with Gasteiger partial charge in [-0.2, -0.15) is 5.26 Å². The van der Waals surface area contributed by atoms with Gasteiger partial charge < -0.3 is 4.74 Å². The van der Waals surface area contributed by atoms with E-state index in [2.05, 4.69) is 6.07 Å². The molecule has 3 nitrogen and oxygen atoms in total. The summed E-state index contributed by atoms with van der Waals surface area (Å²) in [4.78, 5) is 12.7. The van der Waals surface area contributed by atoms with Crippen LogP contribution >= 0.6 is 0 Å². The van der Waals surface area contributed by atoms with Crippen LogP contribution in [0.1, 0.15) is 29.8 Å². The molecule has 0 heterocycles. The van der Waals surface area contributed by atoms with Gasteiger partial charge in [-0.15, -0.1) is 0 Å². The molecule has 0 aliphatic rings. The molecule has 3 rings (SSSR count). The molecule has 0 saturated heterocycles. The molecule has 0 aliphatic carbocycles. The van der Waals surface area contributed by atoms with Crippen LogP contribution in [0.5, 0.6) is 5.75 Å². The summed E-state index contributed by atoms with van der Waals surface area (Å²) in [6, 6.07) is 22.6. The molecule has 0 amide bonds. The molecule has 128 valence electrons. The average Bonchev–Trinajstić information content (AvgIpc) is 2.67. The number of hydrogen-bond acceptors (Lipinski definition) is 3. The zero-order chi connectivity index (χ0) is 18.5. The van der Waals surface area contributed by atoms with Crippen molar-refractivity contribution in [1.82, 2.24) is 0 Å². The Morgan fingerprint density at radius 1 is 1.00 bits per heavy atom. The van der Waals surface area contributed by atoms with Crippen molar-refractivity contribution in [3.05, 3.63) is 83.4 Å². The summed E-state index contributed by atoms with van der Waals surface area (Å²) in [6.45, 7) is 3.89. The normalized spacial score (nSPS) is 11.4. The van der Waals surface area contributed by atoms with Crippen LogP contribution in [0.3, 0.4) is 0 Å². The molecule has 0 radical (unpaired) electrons. The van der Waals surface area contributed by atoms with E-state index in [1.54, 1.807) is 30.3 Å². The summed E-state index contributed by atoms with van der Waals surface area (Å²) in [6.07, 6.45) is 1.62. The molecule has 0 fully saturated rings. The van der Waals surface area contributed by atoms with Crippen molar-refractivity contribution in [2.45, 2.75) is 20.0 Å². The summed E-state index contributed by atoms with van der Waals surface area (Å²) in [7, 11) is 0. The van der Waals surface area contributed by atoms with Crippen LogP contribution in [0, 0.1) is 11.3 Å². The first-order valence-electron chi connectivity index (χ1n) is 8.50. The van der Waals surface area contributed by atoms with Crippen LogP contribution in [0.4, 0.5) is 0 Å². The van der Waals surface area contributed by atoms with Crippen LogP contribution in [0.15, 0.2) is 72.3 Å². The lowest BCUT2D eigenvalue weighted by Crippen LogP contribution is -2.07. The highest BCUT2D eigenvalue weighted by molar-refractivity contribution is 6.15. The Bertz CT molecular complexity index is 1010. The lowest BCUT2D eigenvalue weighted by atomic mass is 9.98. The van der Waals surface area contributed by atoms with E-state index in [1.807, 2.05) is 56.3 Å². The lowest BCUT2D eigenvalue weighted by Gasteiger charge is -2.15. The fourth-order valence-corrected chi connectivity index (χ4v) is 2.82. The zero-order valence-electron chi connectivity index (χ0n) is 14.8. The molecule has 0 aliphatic heterocycles. The number of hydrogen-bond donors (Lipinski definition) is 0. The number of carbonyl (C=O) groups excluding carboxylic acids is 1.